The van der Waals surface area contributed by atoms with E-state index in [2.05, 4.69) is 6.08 Å². The van der Waals surface area contributed by atoms with Gasteiger partial charge in [0.2, 0.25) is 6.79 Å². The molecule has 0 saturated heterocycles. The first-order chi connectivity index (χ1) is 7.28. The van der Waals surface area contributed by atoms with Gasteiger partial charge in [0.15, 0.2) is 11.5 Å². The third kappa shape index (κ3) is 1.31. The lowest BCUT2D eigenvalue weighted by atomic mass is 9.96. The zero-order chi connectivity index (χ0) is 10.3. The van der Waals surface area contributed by atoms with E-state index < -0.39 is 0 Å². The summed E-state index contributed by atoms with van der Waals surface area (Å²) in [5, 5.41) is 0. The fourth-order valence-corrected chi connectivity index (χ4v) is 1.93. The van der Waals surface area contributed by atoms with Crippen molar-refractivity contribution in [3.63, 3.8) is 0 Å². The summed E-state index contributed by atoms with van der Waals surface area (Å²) in [5.41, 5.74) is 0.779. The Balaban J connectivity index is 2.02. The van der Waals surface area contributed by atoms with E-state index in [1.54, 1.807) is 0 Å². The van der Waals surface area contributed by atoms with Crippen LogP contribution >= 0.6 is 0 Å². The minimum Gasteiger partial charge on any atom is -0.454 e. The topological polar surface area (TPSA) is 27.7 Å². The molecule has 0 radical (unpaired) electrons. The van der Waals surface area contributed by atoms with Crippen LogP contribution in [0.1, 0.15) is 12.5 Å². The molecule has 1 aromatic rings. The highest BCUT2D eigenvalue weighted by molar-refractivity contribution is 5.47. The third-order valence-electron chi connectivity index (χ3n) is 2.86. The Morgan fingerprint density at radius 3 is 2.87 bits per heavy atom. The number of fused-ring (bicyclic) bond motifs is 1. The van der Waals surface area contributed by atoms with Crippen molar-refractivity contribution < 1.29 is 14.2 Å². The molecule has 0 bridgehead atoms. The molecular weight excluding hydrogens is 192 g/mol. The van der Waals surface area contributed by atoms with Crippen molar-refractivity contribution in [1.82, 2.24) is 0 Å². The van der Waals surface area contributed by atoms with Gasteiger partial charge in [-0.15, -0.1) is 0 Å². The first-order valence-corrected chi connectivity index (χ1v) is 5.00. The molecule has 3 nitrogen and oxygen atoms in total. The van der Waals surface area contributed by atoms with E-state index in [4.69, 9.17) is 14.2 Å². The summed E-state index contributed by atoms with van der Waals surface area (Å²) in [7, 11) is 0. The number of ether oxygens (including phenoxy) is 3. The summed E-state index contributed by atoms with van der Waals surface area (Å²) in [4.78, 5) is 0. The first kappa shape index (κ1) is 8.80. The van der Waals surface area contributed by atoms with Crippen LogP contribution in [0.15, 0.2) is 30.4 Å². The molecule has 0 aromatic heterocycles. The maximum atomic E-state index is 5.68. The van der Waals surface area contributed by atoms with Gasteiger partial charge in [-0.2, -0.15) is 0 Å². The van der Waals surface area contributed by atoms with Crippen molar-refractivity contribution in [2.45, 2.75) is 12.5 Å². The second kappa shape index (κ2) is 3.00. The van der Waals surface area contributed by atoms with Crippen LogP contribution in [0, 0.1) is 0 Å². The molecule has 0 unspecified atom stereocenters. The van der Waals surface area contributed by atoms with E-state index >= 15 is 0 Å². The SMILES string of the molecule is C[C@]1(c2ccc3c(c2)OCO3)C=CCO1. The lowest BCUT2D eigenvalue weighted by Gasteiger charge is -2.22. The molecule has 78 valence electrons. The van der Waals surface area contributed by atoms with Crippen LogP contribution in [-0.2, 0) is 10.3 Å². The van der Waals surface area contributed by atoms with Crippen LogP contribution in [0.4, 0.5) is 0 Å². The highest BCUT2D eigenvalue weighted by atomic mass is 16.7. The van der Waals surface area contributed by atoms with Gasteiger partial charge in [0.25, 0.3) is 0 Å². The molecule has 0 amide bonds. The van der Waals surface area contributed by atoms with Crippen molar-refractivity contribution in [2.75, 3.05) is 13.4 Å². The van der Waals surface area contributed by atoms with Gasteiger partial charge in [-0.1, -0.05) is 18.2 Å². The molecular formula is C12H12O3. The Kier molecular flexibility index (Phi) is 1.76. The summed E-state index contributed by atoms with van der Waals surface area (Å²) in [6, 6.07) is 5.93. The maximum Gasteiger partial charge on any atom is 0.231 e. The smallest absolute Gasteiger partial charge is 0.231 e. The van der Waals surface area contributed by atoms with Crippen molar-refractivity contribution >= 4 is 0 Å². The van der Waals surface area contributed by atoms with Crippen molar-refractivity contribution in [1.29, 1.82) is 0 Å². The zero-order valence-electron chi connectivity index (χ0n) is 8.53. The Morgan fingerprint density at radius 2 is 2.07 bits per heavy atom. The van der Waals surface area contributed by atoms with Crippen molar-refractivity contribution in [3.8, 4) is 11.5 Å². The number of hydrogen-bond acceptors (Lipinski definition) is 3. The zero-order valence-corrected chi connectivity index (χ0v) is 8.53. The summed E-state index contributed by atoms with van der Waals surface area (Å²) in [5.74, 6) is 1.61. The summed E-state index contributed by atoms with van der Waals surface area (Å²) >= 11 is 0. The van der Waals surface area contributed by atoms with Crippen LogP contribution < -0.4 is 9.47 Å². The van der Waals surface area contributed by atoms with E-state index in [1.165, 1.54) is 0 Å². The van der Waals surface area contributed by atoms with Crippen molar-refractivity contribution in [2.24, 2.45) is 0 Å². The Hall–Kier alpha value is -1.48. The minimum absolute atomic E-state index is 0.312. The van der Waals surface area contributed by atoms with Gasteiger partial charge < -0.3 is 14.2 Å². The van der Waals surface area contributed by atoms with E-state index in [0.29, 0.717) is 13.4 Å². The third-order valence-corrected chi connectivity index (χ3v) is 2.86. The first-order valence-electron chi connectivity index (χ1n) is 5.00. The van der Waals surface area contributed by atoms with Crippen molar-refractivity contribution in [3.05, 3.63) is 35.9 Å². The molecule has 1 aromatic carbocycles. The molecule has 0 aliphatic carbocycles. The summed E-state index contributed by atoms with van der Waals surface area (Å²) < 4.78 is 16.3. The number of benzene rings is 1. The van der Waals surface area contributed by atoms with Gasteiger partial charge >= 0.3 is 0 Å². The highest BCUT2D eigenvalue weighted by Gasteiger charge is 2.29. The van der Waals surface area contributed by atoms with E-state index in [-0.39, 0.29) is 5.60 Å². The van der Waals surface area contributed by atoms with Crippen LogP contribution in [0.3, 0.4) is 0 Å². The molecule has 2 aliphatic heterocycles. The summed E-state index contributed by atoms with van der Waals surface area (Å²) in [6.07, 6.45) is 4.11. The lowest BCUT2D eigenvalue weighted by Crippen LogP contribution is -2.18. The molecule has 3 heteroatoms. The summed E-state index contributed by atoms with van der Waals surface area (Å²) in [6.45, 7) is 3.03. The molecule has 2 heterocycles. The quantitative estimate of drug-likeness (QED) is 0.656. The molecule has 2 aliphatic rings. The maximum absolute atomic E-state index is 5.68. The van der Waals surface area contributed by atoms with E-state index in [1.807, 2.05) is 31.2 Å². The minimum atomic E-state index is -0.318. The van der Waals surface area contributed by atoms with Crippen LogP contribution in [0.25, 0.3) is 0 Å². The average Bonchev–Trinajstić information content (AvgIpc) is 2.85. The van der Waals surface area contributed by atoms with Gasteiger partial charge in [-0.25, -0.2) is 0 Å². The predicted molar refractivity (Wildman–Crippen MR) is 55.0 cm³/mol. The van der Waals surface area contributed by atoms with Crippen LogP contribution in [-0.4, -0.2) is 13.4 Å². The second-order valence-corrected chi connectivity index (χ2v) is 3.89. The average molecular weight is 204 g/mol. The second-order valence-electron chi connectivity index (χ2n) is 3.89. The largest absolute Gasteiger partial charge is 0.454 e. The normalized spacial score (nSPS) is 27.3. The molecule has 3 rings (SSSR count). The van der Waals surface area contributed by atoms with Crippen LogP contribution in [0.2, 0.25) is 0 Å². The van der Waals surface area contributed by atoms with E-state index in [0.717, 1.165) is 17.1 Å². The molecule has 1 atom stereocenters. The molecule has 0 spiro atoms. The number of rotatable bonds is 1. The fourth-order valence-electron chi connectivity index (χ4n) is 1.93. The van der Waals surface area contributed by atoms with Gasteiger partial charge in [-0.05, 0) is 24.6 Å². The van der Waals surface area contributed by atoms with Gasteiger partial charge in [0.1, 0.15) is 5.60 Å². The Bertz CT molecular complexity index is 425. The van der Waals surface area contributed by atoms with Gasteiger partial charge in [0.05, 0.1) is 6.61 Å². The number of hydrogen-bond donors (Lipinski definition) is 0. The highest BCUT2D eigenvalue weighted by Crippen LogP contribution is 2.38. The molecule has 0 N–H and O–H groups in total. The standard InChI is InChI=1S/C12H12O3/c1-12(5-2-6-15-12)9-3-4-10-11(7-9)14-8-13-10/h2-5,7H,6,8H2,1H3/t12-/m1/s1. The van der Waals surface area contributed by atoms with Gasteiger partial charge in [-0.3, -0.25) is 0 Å². The Labute approximate surface area is 88.3 Å². The molecule has 0 fully saturated rings. The van der Waals surface area contributed by atoms with Gasteiger partial charge in [0, 0.05) is 0 Å². The molecule has 15 heavy (non-hydrogen) atoms. The van der Waals surface area contributed by atoms with Crippen LogP contribution in [0.5, 0.6) is 11.5 Å². The lowest BCUT2D eigenvalue weighted by molar-refractivity contribution is 0.0389. The fraction of sp³-hybridized carbons (Fsp3) is 0.333. The predicted octanol–water partition coefficient (Wildman–Crippen LogP) is 2.22. The monoisotopic (exact) mass is 204 g/mol. The molecule has 0 saturated carbocycles. The van der Waals surface area contributed by atoms with E-state index in [9.17, 15) is 0 Å². The Morgan fingerprint density at radius 1 is 1.20 bits per heavy atom.